The van der Waals surface area contributed by atoms with Crippen LogP contribution in [0.25, 0.3) is 0 Å². The summed E-state index contributed by atoms with van der Waals surface area (Å²) in [4.78, 5) is 25.4. The molecule has 0 unspecified atom stereocenters. The summed E-state index contributed by atoms with van der Waals surface area (Å²) in [6.45, 7) is 3.94. The van der Waals surface area contributed by atoms with Gasteiger partial charge in [-0.05, 0) is 18.3 Å². The fourth-order valence-corrected chi connectivity index (χ4v) is 3.27. The first-order valence-corrected chi connectivity index (χ1v) is 5.38. The van der Waals surface area contributed by atoms with Crippen LogP contribution >= 0.6 is 0 Å². The van der Waals surface area contributed by atoms with Gasteiger partial charge < -0.3 is 0 Å². The zero-order valence-electron chi connectivity index (χ0n) is 8.43. The van der Waals surface area contributed by atoms with Gasteiger partial charge in [-0.2, -0.15) is 0 Å². The van der Waals surface area contributed by atoms with Crippen LogP contribution in [-0.4, -0.2) is 23.3 Å². The molecule has 2 fully saturated rings. The third-order valence-corrected chi connectivity index (χ3v) is 3.87. The molecule has 3 rings (SSSR count). The van der Waals surface area contributed by atoms with Gasteiger partial charge in [0.2, 0.25) is 11.8 Å². The smallest absolute Gasteiger partial charge is 0.234 e. The summed E-state index contributed by atoms with van der Waals surface area (Å²) in [6.07, 6.45) is 6.82. The Kier molecular flexibility index (Phi) is 1.67. The van der Waals surface area contributed by atoms with Gasteiger partial charge in [0.1, 0.15) is 0 Å². The molecule has 2 bridgehead atoms. The number of allylic oxidation sites excluding steroid dienone is 2. The molecule has 3 nitrogen and oxygen atoms in total. The van der Waals surface area contributed by atoms with Crippen LogP contribution in [0.5, 0.6) is 0 Å². The Hall–Kier alpha value is -1.38. The molecular formula is C12H13NO2. The van der Waals surface area contributed by atoms with E-state index in [-0.39, 0.29) is 23.7 Å². The zero-order chi connectivity index (χ0) is 10.6. The third-order valence-electron chi connectivity index (χ3n) is 3.87. The van der Waals surface area contributed by atoms with Crippen molar-refractivity contribution in [3.63, 3.8) is 0 Å². The molecule has 1 saturated heterocycles. The quantitative estimate of drug-likeness (QED) is 0.495. The van der Waals surface area contributed by atoms with Crippen molar-refractivity contribution < 1.29 is 9.59 Å². The lowest BCUT2D eigenvalue weighted by Crippen LogP contribution is -2.32. The standard InChI is InChI=1S/C12H13NO2/c1-2-5-13-11(14)9-7-3-4-8(6-7)10(9)12(13)15/h2-4,7-10H,1,5-6H2/t7-,8-,9-,10+/m1/s1. The maximum absolute atomic E-state index is 12.0. The van der Waals surface area contributed by atoms with Crippen molar-refractivity contribution in [3.05, 3.63) is 24.8 Å². The molecule has 2 amide bonds. The van der Waals surface area contributed by atoms with E-state index in [9.17, 15) is 9.59 Å². The second-order valence-electron chi connectivity index (χ2n) is 4.58. The van der Waals surface area contributed by atoms with Gasteiger partial charge in [0.25, 0.3) is 0 Å². The maximum atomic E-state index is 12.0. The summed E-state index contributed by atoms with van der Waals surface area (Å²) < 4.78 is 0. The van der Waals surface area contributed by atoms with Crippen LogP contribution in [0.4, 0.5) is 0 Å². The van der Waals surface area contributed by atoms with Gasteiger partial charge in [-0.25, -0.2) is 0 Å². The van der Waals surface area contributed by atoms with Crippen LogP contribution in [0.2, 0.25) is 0 Å². The van der Waals surface area contributed by atoms with E-state index in [1.165, 1.54) is 4.90 Å². The summed E-state index contributed by atoms with van der Waals surface area (Å²) >= 11 is 0. The van der Waals surface area contributed by atoms with E-state index >= 15 is 0 Å². The molecule has 0 N–H and O–H groups in total. The SMILES string of the molecule is C=CCN1C(=O)[C@@H]2[C@H](C1=O)[C@@H]1C=C[C@@H]2C1. The van der Waals surface area contributed by atoms with Gasteiger partial charge >= 0.3 is 0 Å². The number of nitrogens with zero attached hydrogens (tertiary/aromatic N) is 1. The minimum Gasteiger partial charge on any atom is -0.278 e. The molecule has 0 aromatic carbocycles. The maximum Gasteiger partial charge on any atom is 0.234 e. The van der Waals surface area contributed by atoms with Crippen LogP contribution in [-0.2, 0) is 9.59 Å². The molecule has 4 atom stereocenters. The highest BCUT2D eigenvalue weighted by atomic mass is 16.2. The Morgan fingerprint density at radius 3 is 2.27 bits per heavy atom. The number of carbonyl (C=O) groups excluding carboxylic acids is 2. The summed E-state index contributed by atoms with van der Waals surface area (Å²) in [5.41, 5.74) is 0. The molecule has 3 aliphatic rings. The van der Waals surface area contributed by atoms with Crippen LogP contribution in [0.15, 0.2) is 24.8 Å². The first kappa shape index (κ1) is 8.89. The number of rotatable bonds is 2. The van der Waals surface area contributed by atoms with Crippen molar-refractivity contribution in [2.24, 2.45) is 23.7 Å². The number of imide groups is 1. The highest BCUT2D eigenvalue weighted by Gasteiger charge is 2.58. The molecule has 15 heavy (non-hydrogen) atoms. The zero-order valence-corrected chi connectivity index (χ0v) is 8.43. The highest BCUT2D eigenvalue weighted by Crippen LogP contribution is 2.52. The topological polar surface area (TPSA) is 37.4 Å². The number of fused-ring (bicyclic) bond motifs is 5. The number of amides is 2. The van der Waals surface area contributed by atoms with Crippen molar-refractivity contribution in [3.8, 4) is 0 Å². The van der Waals surface area contributed by atoms with E-state index in [0.717, 1.165) is 6.42 Å². The molecule has 78 valence electrons. The van der Waals surface area contributed by atoms with Crippen molar-refractivity contribution in [1.82, 2.24) is 4.90 Å². The predicted octanol–water partition coefficient (Wildman–Crippen LogP) is 0.979. The number of likely N-dealkylation sites (tertiary alicyclic amines) is 1. The summed E-state index contributed by atoms with van der Waals surface area (Å²) in [5.74, 6) is 0.529. The number of carbonyl (C=O) groups is 2. The summed E-state index contributed by atoms with van der Waals surface area (Å²) in [7, 11) is 0. The second kappa shape index (κ2) is 2.81. The van der Waals surface area contributed by atoms with Gasteiger partial charge in [-0.1, -0.05) is 18.2 Å². The normalized spacial score (nSPS) is 41.5. The predicted molar refractivity (Wildman–Crippen MR) is 54.6 cm³/mol. The van der Waals surface area contributed by atoms with Gasteiger partial charge in [0.05, 0.1) is 11.8 Å². The Labute approximate surface area is 88.4 Å². The van der Waals surface area contributed by atoms with E-state index < -0.39 is 0 Å². The fraction of sp³-hybridized carbons (Fsp3) is 0.500. The fourth-order valence-electron chi connectivity index (χ4n) is 3.27. The van der Waals surface area contributed by atoms with Crippen molar-refractivity contribution in [1.29, 1.82) is 0 Å². The minimum absolute atomic E-state index is 0.0155. The first-order valence-electron chi connectivity index (χ1n) is 5.38. The Morgan fingerprint density at radius 2 is 1.80 bits per heavy atom. The molecule has 1 heterocycles. The van der Waals surface area contributed by atoms with E-state index in [1.54, 1.807) is 6.08 Å². The largest absolute Gasteiger partial charge is 0.278 e. The second-order valence-corrected chi connectivity index (χ2v) is 4.58. The van der Waals surface area contributed by atoms with Crippen molar-refractivity contribution in [2.75, 3.05) is 6.54 Å². The average molecular weight is 203 g/mol. The van der Waals surface area contributed by atoms with Crippen molar-refractivity contribution in [2.45, 2.75) is 6.42 Å². The molecule has 1 saturated carbocycles. The molecular weight excluding hydrogens is 190 g/mol. The van der Waals surface area contributed by atoms with Crippen molar-refractivity contribution >= 4 is 11.8 Å². The van der Waals surface area contributed by atoms with Crippen LogP contribution in [0.3, 0.4) is 0 Å². The molecule has 0 spiro atoms. The van der Waals surface area contributed by atoms with Gasteiger partial charge in [0, 0.05) is 6.54 Å². The van der Waals surface area contributed by atoms with Gasteiger partial charge in [0.15, 0.2) is 0 Å². The monoisotopic (exact) mass is 203 g/mol. The molecule has 0 radical (unpaired) electrons. The van der Waals surface area contributed by atoms with E-state index in [1.807, 2.05) is 0 Å². The number of hydrogen-bond donors (Lipinski definition) is 0. The lowest BCUT2D eigenvalue weighted by atomic mass is 9.85. The molecule has 0 aromatic heterocycles. The average Bonchev–Trinajstić information content (AvgIpc) is 2.87. The third kappa shape index (κ3) is 0.954. The van der Waals surface area contributed by atoms with Crippen LogP contribution in [0, 0.1) is 23.7 Å². The van der Waals surface area contributed by atoms with Gasteiger partial charge in [-0.3, -0.25) is 14.5 Å². The summed E-state index contributed by atoms with van der Waals surface area (Å²) in [5, 5.41) is 0. The minimum atomic E-state index is -0.0625. The Balaban J connectivity index is 1.96. The lowest BCUT2D eigenvalue weighted by Gasteiger charge is -2.14. The Bertz CT molecular complexity index is 355. The summed E-state index contributed by atoms with van der Waals surface area (Å²) in [6, 6.07) is 0. The Morgan fingerprint density at radius 1 is 1.27 bits per heavy atom. The van der Waals surface area contributed by atoms with E-state index in [4.69, 9.17) is 0 Å². The van der Waals surface area contributed by atoms with Crippen LogP contribution < -0.4 is 0 Å². The van der Waals surface area contributed by atoms with Gasteiger partial charge in [-0.15, -0.1) is 6.58 Å². The number of hydrogen-bond acceptors (Lipinski definition) is 2. The molecule has 3 heteroatoms. The van der Waals surface area contributed by atoms with Crippen LogP contribution in [0.1, 0.15) is 6.42 Å². The highest BCUT2D eigenvalue weighted by molar-refractivity contribution is 6.06. The molecule has 1 aliphatic heterocycles. The van der Waals surface area contributed by atoms with E-state index in [0.29, 0.717) is 18.4 Å². The molecule has 0 aromatic rings. The van der Waals surface area contributed by atoms with E-state index in [2.05, 4.69) is 18.7 Å². The lowest BCUT2D eigenvalue weighted by molar-refractivity contribution is -0.140. The first-order chi connectivity index (χ1) is 7.24. The molecule has 2 aliphatic carbocycles.